The summed E-state index contributed by atoms with van der Waals surface area (Å²) in [6.45, 7) is 6.66. The molecule has 166 valence electrons. The topological polar surface area (TPSA) is 69.2 Å². The lowest BCUT2D eigenvalue weighted by Gasteiger charge is -2.12. The monoisotopic (exact) mass is 432 g/mol. The van der Waals surface area contributed by atoms with Gasteiger partial charge in [-0.15, -0.1) is 0 Å². The second-order valence-electron chi connectivity index (χ2n) is 7.29. The number of amides is 1. The van der Waals surface area contributed by atoms with Gasteiger partial charge in [-0.2, -0.15) is 0 Å². The SMILES string of the molecule is CCOc1cc(/C=N/OCC(=O)Nc2ccc(C)cc2C)ccc1OCc1ccccc1. The Morgan fingerprint density at radius 3 is 2.53 bits per heavy atom. The first-order valence-corrected chi connectivity index (χ1v) is 10.5. The third kappa shape index (κ3) is 6.87. The summed E-state index contributed by atoms with van der Waals surface area (Å²) in [5.41, 5.74) is 4.76. The van der Waals surface area contributed by atoms with E-state index in [0.29, 0.717) is 24.7 Å². The fourth-order valence-corrected chi connectivity index (χ4v) is 3.06. The molecule has 3 aromatic carbocycles. The number of aryl methyl sites for hydroxylation is 2. The van der Waals surface area contributed by atoms with Crippen molar-refractivity contribution in [3.63, 3.8) is 0 Å². The predicted octanol–water partition coefficient (Wildman–Crippen LogP) is 5.27. The molecule has 0 aromatic heterocycles. The molecule has 0 bridgehead atoms. The molecule has 0 unspecified atom stereocenters. The van der Waals surface area contributed by atoms with Crippen LogP contribution < -0.4 is 14.8 Å². The predicted molar refractivity (Wildman–Crippen MR) is 126 cm³/mol. The molecule has 0 atom stereocenters. The number of benzene rings is 3. The molecule has 0 saturated carbocycles. The van der Waals surface area contributed by atoms with Crippen LogP contribution in [0.1, 0.15) is 29.2 Å². The number of hydrogen-bond donors (Lipinski definition) is 1. The standard InChI is InChI=1S/C26H28N2O4/c1-4-30-25-15-22(11-13-24(25)31-17-21-8-6-5-7-9-21)16-27-32-18-26(29)28-23-12-10-19(2)14-20(23)3/h5-16H,4,17-18H2,1-3H3,(H,28,29)/b27-16+. The smallest absolute Gasteiger partial charge is 0.265 e. The van der Waals surface area contributed by atoms with E-state index in [2.05, 4.69) is 10.5 Å². The molecule has 3 rings (SSSR count). The summed E-state index contributed by atoms with van der Waals surface area (Å²) in [4.78, 5) is 17.2. The van der Waals surface area contributed by atoms with Crippen molar-refractivity contribution in [2.75, 3.05) is 18.5 Å². The number of carbonyl (C=O) groups excluding carboxylic acids is 1. The highest BCUT2D eigenvalue weighted by Gasteiger charge is 2.08. The minimum absolute atomic E-state index is 0.180. The lowest BCUT2D eigenvalue weighted by molar-refractivity contribution is -0.120. The maximum atomic E-state index is 12.1. The van der Waals surface area contributed by atoms with Crippen LogP contribution in [0.5, 0.6) is 11.5 Å². The van der Waals surface area contributed by atoms with Crippen LogP contribution in [-0.4, -0.2) is 25.3 Å². The third-order valence-electron chi connectivity index (χ3n) is 4.63. The van der Waals surface area contributed by atoms with E-state index < -0.39 is 0 Å². The van der Waals surface area contributed by atoms with Gasteiger partial charge in [0.15, 0.2) is 18.1 Å². The van der Waals surface area contributed by atoms with Crippen LogP contribution in [0.2, 0.25) is 0 Å². The van der Waals surface area contributed by atoms with Crippen molar-refractivity contribution in [3.8, 4) is 11.5 Å². The van der Waals surface area contributed by atoms with Crippen molar-refractivity contribution >= 4 is 17.8 Å². The zero-order chi connectivity index (χ0) is 22.8. The highest BCUT2D eigenvalue weighted by Crippen LogP contribution is 2.29. The summed E-state index contributed by atoms with van der Waals surface area (Å²) >= 11 is 0. The van der Waals surface area contributed by atoms with Crippen molar-refractivity contribution in [1.82, 2.24) is 0 Å². The Labute approximate surface area is 188 Å². The van der Waals surface area contributed by atoms with Crippen LogP contribution in [-0.2, 0) is 16.2 Å². The van der Waals surface area contributed by atoms with Gasteiger partial charge in [-0.25, -0.2) is 0 Å². The quantitative estimate of drug-likeness (QED) is 0.350. The van der Waals surface area contributed by atoms with Gasteiger partial charge in [-0.1, -0.05) is 53.2 Å². The molecule has 0 aliphatic carbocycles. The van der Waals surface area contributed by atoms with E-state index in [1.165, 1.54) is 6.21 Å². The van der Waals surface area contributed by atoms with Gasteiger partial charge in [0.2, 0.25) is 0 Å². The van der Waals surface area contributed by atoms with Crippen LogP contribution in [0, 0.1) is 13.8 Å². The lowest BCUT2D eigenvalue weighted by atomic mass is 10.1. The van der Waals surface area contributed by atoms with Crippen LogP contribution >= 0.6 is 0 Å². The second-order valence-corrected chi connectivity index (χ2v) is 7.29. The summed E-state index contributed by atoms with van der Waals surface area (Å²) in [5.74, 6) is 1.01. The van der Waals surface area contributed by atoms with Crippen molar-refractivity contribution in [1.29, 1.82) is 0 Å². The van der Waals surface area contributed by atoms with Gasteiger partial charge in [0.1, 0.15) is 6.61 Å². The molecule has 1 N–H and O–H groups in total. The molecule has 0 saturated heterocycles. The molecule has 0 spiro atoms. The Morgan fingerprint density at radius 1 is 0.969 bits per heavy atom. The van der Waals surface area contributed by atoms with E-state index in [0.717, 1.165) is 27.9 Å². The average Bonchev–Trinajstić information content (AvgIpc) is 2.79. The Morgan fingerprint density at radius 2 is 1.78 bits per heavy atom. The van der Waals surface area contributed by atoms with Gasteiger partial charge in [0.05, 0.1) is 12.8 Å². The number of hydrogen-bond acceptors (Lipinski definition) is 5. The van der Waals surface area contributed by atoms with E-state index in [4.69, 9.17) is 14.3 Å². The average molecular weight is 433 g/mol. The molecular weight excluding hydrogens is 404 g/mol. The summed E-state index contributed by atoms with van der Waals surface area (Å²) in [5, 5.41) is 6.72. The molecule has 32 heavy (non-hydrogen) atoms. The molecule has 6 heteroatoms. The van der Waals surface area contributed by atoms with Gasteiger partial charge < -0.3 is 19.6 Å². The van der Waals surface area contributed by atoms with Gasteiger partial charge in [0, 0.05) is 11.3 Å². The van der Waals surface area contributed by atoms with Crippen LogP contribution in [0.15, 0.2) is 71.9 Å². The molecule has 1 amide bonds. The summed E-state index contributed by atoms with van der Waals surface area (Å²) in [7, 11) is 0. The molecule has 0 aliphatic rings. The molecular formula is C26H28N2O4. The summed E-state index contributed by atoms with van der Waals surface area (Å²) in [6, 6.07) is 21.3. The highest BCUT2D eigenvalue weighted by atomic mass is 16.6. The van der Waals surface area contributed by atoms with Gasteiger partial charge in [-0.3, -0.25) is 4.79 Å². The highest BCUT2D eigenvalue weighted by molar-refractivity contribution is 5.92. The zero-order valence-corrected chi connectivity index (χ0v) is 18.6. The van der Waals surface area contributed by atoms with Gasteiger partial charge in [-0.05, 0) is 56.2 Å². The van der Waals surface area contributed by atoms with Gasteiger partial charge >= 0.3 is 0 Å². The van der Waals surface area contributed by atoms with Crippen LogP contribution in [0.4, 0.5) is 5.69 Å². The summed E-state index contributed by atoms with van der Waals surface area (Å²) < 4.78 is 11.6. The van der Waals surface area contributed by atoms with E-state index in [1.54, 1.807) is 0 Å². The first kappa shape index (κ1) is 22.9. The molecule has 0 radical (unpaired) electrons. The number of rotatable bonds is 10. The van der Waals surface area contributed by atoms with Gasteiger partial charge in [0.25, 0.3) is 5.91 Å². The van der Waals surface area contributed by atoms with E-state index in [-0.39, 0.29) is 12.5 Å². The fourth-order valence-electron chi connectivity index (χ4n) is 3.06. The zero-order valence-electron chi connectivity index (χ0n) is 18.6. The number of nitrogens with zero attached hydrogens (tertiary/aromatic N) is 1. The number of oxime groups is 1. The first-order valence-electron chi connectivity index (χ1n) is 10.5. The number of nitrogens with one attached hydrogen (secondary N) is 1. The van der Waals surface area contributed by atoms with E-state index in [9.17, 15) is 4.79 Å². The Bertz CT molecular complexity index is 1060. The van der Waals surface area contributed by atoms with Crippen LogP contribution in [0.25, 0.3) is 0 Å². The first-order chi connectivity index (χ1) is 15.5. The molecule has 0 fully saturated rings. The van der Waals surface area contributed by atoms with Crippen molar-refractivity contribution in [3.05, 3.63) is 89.0 Å². The molecule has 0 aliphatic heterocycles. The number of carbonyl (C=O) groups is 1. The molecule has 3 aromatic rings. The maximum Gasteiger partial charge on any atom is 0.265 e. The maximum absolute atomic E-state index is 12.1. The van der Waals surface area contributed by atoms with E-state index in [1.807, 2.05) is 87.5 Å². The van der Waals surface area contributed by atoms with Crippen molar-refractivity contribution in [2.45, 2.75) is 27.4 Å². The van der Waals surface area contributed by atoms with Crippen LogP contribution in [0.3, 0.4) is 0 Å². The normalized spacial score (nSPS) is 10.7. The fraction of sp³-hybridized carbons (Fsp3) is 0.231. The Kier molecular flexibility index (Phi) is 8.26. The van der Waals surface area contributed by atoms with Crippen molar-refractivity contribution in [2.24, 2.45) is 5.16 Å². The molecule has 0 heterocycles. The minimum atomic E-state index is -0.270. The summed E-state index contributed by atoms with van der Waals surface area (Å²) in [6.07, 6.45) is 1.54. The lowest BCUT2D eigenvalue weighted by Crippen LogP contribution is -2.17. The Balaban J connectivity index is 1.54. The van der Waals surface area contributed by atoms with Crippen molar-refractivity contribution < 1.29 is 19.1 Å². The Hall–Kier alpha value is -3.80. The molecule has 6 nitrogen and oxygen atoms in total. The number of anilines is 1. The third-order valence-corrected chi connectivity index (χ3v) is 4.63. The second kappa shape index (κ2) is 11.6. The largest absolute Gasteiger partial charge is 0.490 e. The number of ether oxygens (including phenoxy) is 2. The minimum Gasteiger partial charge on any atom is -0.490 e. The van der Waals surface area contributed by atoms with E-state index >= 15 is 0 Å².